The summed E-state index contributed by atoms with van der Waals surface area (Å²) in [4.78, 5) is 7.84. The second-order valence-electron chi connectivity index (χ2n) is 3.88. The quantitative estimate of drug-likeness (QED) is 0.790. The molecule has 0 saturated heterocycles. The Hall–Kier alpha value is -1.19. The molecule has 2 nitrogen and oxygen atoms in total. The van der Waals surface area contributed by atoms with Crippen molar-refractivity contribution in [2.24, 2.45) is 0 Å². The molecule has 2 rings (SSSR count). The minimum atomic E-state index is -0.177. The number of hydrogen-bond acceptors (Lipinski definition) is 2. The predicted molar refractivity (Wildman–Crippen MR) is 70.5 cm³/mol. The monoisotopic (exact) mass is 284 g/mol. The lowest BCUT2D eigenvalue weighted by molar-refractivity contribution is 0.603. The molecule has 0 unspecified atom stereocenters. The van der Waals surface area contributed by atoms with E-state index in [9.17, 15) is 4.39 Å². The fourth-order valence-corrected chi connectivity index (χ4v) is 2.04. The smallest absolute Gasteiger partial charge is 0.222 e. The molecule has 0 atom stereocenters. The van der Waals surface area contributed by atoms with Crippen molar-refractivity contribution in [2.75, 3.05) is 0 Å². The zero-order chi connectivity index (χ0) is 13.0. The van der Waals surface area contributed by atoms with Gasteiger partial charge in [0.2, 0.25) is 5.28 Å². The molecule has 0 bridgehead atoms. The summed E-state index contributed by atoms with van der Waals surface area (Å²) in [5, 5.41) is 0.674. The molecule has 1 aromatic carbocycles. The summed E-state index contributed by atoms with van der Waals surface area (Å²) >= 11 is 11.6. The maximum atomic E-state index is 13.4. The Morgan fingerprint density at radius 3 is 2.67 bits per heavy atom. The third-order valence-electron chi connectivity index (χ3n) is 2.60. The minimum absolute atomic E-state index is 0.177. The van der Waals surface area contributed by atoms with Crippen molar-refractivity contribution >= 4 is 23.2 Å². The SMILES string of the molecule is Fc1ccccc1CCCc1nc(Cl)ncc1Cl. The van der Waals surface area contributed by atoms with Crippen LogP contribution in [0.5, 0.6) is 0 Å². The van der Waals surface area contributed by atoms with Gasteiger partial charge in [0.1, 0.15) is 5.82 Å². The van der Waals surface area contributed by atoms with Gasteiger partial charge in [0.25, 0.3) is 0 Å². The molecular formula is C13H11Cl2FN2. The van der Waals surface area contributed by atoms with Crippen molar-refractivity contribution in [3.63, 3.8) is 0 Å². The number of aromatic nitrogens is 2. The van der Waals surface area contributed by atoms with Gasteiger partial charge in [-0.15, -0.1) is 0 Å². The highest BCUT2D eigenvalue weighted by molar-refractivity contribution is 6.31. The maximum absolute atomic E-state index is 13.4. The summed E-state index contributed by atoms with van der Waals surface area (Å²) in [7, 11) is 0. The van der Waals surface area contributed by atoms with Crippen LogP contribution in [0.3, 0.4) is 0 Å². The molecule has 0 fully saturated rings. The fourth-order valence-electron chi connectivity index (χ4n) is 1.70. The summed E-state index contributed by atoms with van der Waals surface area (Å²) in [5.74, 6) is -0.177. The number of hydrogen-bond donors (Lipinski definition) is 0. The van der Waals surface area contributed by atoms with Crippen molar-refractivity contribution in [3.05, 3.63) is 57.8 Å². The van der Waals surface area contributed by atoms with Gasteiger partial charge in [0, 0.05) is 0 Å². The van der Waals surface area contributed by atoms with Gasteiger partial charge in [-0.05, 0) is 42.5 Å². The van der Waals surface area contributed by atoms with E-state index >= 15 is 0 Å². The molecule has 1 aromatic heterocycles. The molecule has 18 heavy (non-hydrogen) atoms. The molecule has 0 amide bonds. The highest BCUT2D eigenvalue weighted by Crippen LogP contribution is 2.17. The number of benzene rings is 1. The molecule has 0 saturated carbocycles. The van der Waals surface area contributed by atoms with Crippen LogP contribution in [-0.2, 0) is 12.8 Å². The molecule has 1 heterocycles. The summed E-state index contributed by atoms with van der Waals surface area (Å²) in [6.07, 6.45) is 3.53. The first-order valence-electron chi connectivity index (χ1n) is 5.57. The standard InChI is InChI=1S/C13H11Cl2FN2/c14-10-8-17-13(15)18-12(10)7-3-5-9-4-1-2-6-11(9)16/h1-2,4,6,8H,3,5,7H2. The molecule has 0 aliphatic rings. The van der Waals surface area contributed by atoms with E-state index in [1.807, 2.05) is 6.07 Å². The van der Waals surface area contributed by atoms with Crippen LogP contribution in [0.4, 0.5) is 4.39 Å². The Morgan fingerprint density at radius 2 is 1.89 bits per heavy atom. The van der Waals surface area contributed by atoms with Crippen molar-refractivity contribution in [3.8, 4) is 0 Å². The average Bonchev–Trinajstić information content (AvgIpc) is 2.36. The van der Waals surface area contributed by atoms with Crippen molar-refractivity contribution in [1.82, 2.24) is 9.97 Å². The van der Waals surface area contributed by atoms with Crippen LogP contribution in [0.1, 0.15) is 17.7 Å². The molecule has 0 radical (unpaired) electrons. The highest BCUT2D eigenvalue weighted by atomic mass is 35.5. The van der Waals surface area contributed by atoms with Gasteiger partial charge < -0.3 is 0 Å². The Labute approximate surface area is 115 Å². The molecule has 94 valence electrons. The number of halogens is 3. The topological polar surface area (TPSA) is 25.8 Å². The predicted octanol–water partition coefficient (Wildman–Crippen LogP) is 4.10. The molecule has 0 spiro atoms. The van der Waals surface area contributed by atoms with Crippen molar-refractivity contribution in [2.45, 2.75) is 19.3 Å². The van der Waals surface area contributed by atoms with Crippen LogP contribution in [0.15, 0.2) is 30.5 Å². The average molecular weight is 285 g/mol. The second kappa shape index (κ2) is 6.12. The van der Waals surface area contributed by atoms with Crippen LogP contribution < -0.4 is 0 Å². The summed E-state index contributed by atoms with van der Waals surface area (Å²) in [6, 6.07) is 6.75. The van der Waals surface area contributed by atoms with Crippen LogP contribution >= 0.6 is 23.2 Å². The van der Waals surface area contributed by atoms with Gasteiger partial charge in [-0.2, -0.15) is 0 Å². The van der Waals surface area contributed by atoms with E-state index < -0.39 is 0 Å². The van der Waals surface area contributed by atoms with Crippen LogP contribution in [0, 0.1) is 5.82 Å². The molecular weight excluding hydrogens is 274 g/mol. The van der Waals surface area contributed by atoms with Gasteiger partial charge >= 0.3 is 0 Å². The normalized spacial score (nSPS) is 10.6. The van der Waals surface area contributed by atoms with E-state index in [-0.39, 0.29) is 11.1 Å². The lowest BCUT2D eigenvalue weighted by Crippen LogP contribution is -1.97. The summed E-state index contributed by atoms with van der Waals surface area (Å²) in [5.41, 5.74) is 1.40. The molecule has 0 N–H and O–H groups in total. The van der Waals surface area contributed by atoms with Crippen LogP contribution in [-0.4, -0.2) is 9.97 Å². The van der Waals surface area contributed by atoms with Gasteiger partial charge in [0.05, 0.1) is 16.9 Å². The van der Waals surface area contributed by atoms with Crippen molar-refractivity contribution < 1.29 is 4.39 Å². The zero-order valence-electron chi connectivity index (χ0n) is 9.54. The second-order valence-corrected chi connectivity index (χ2v) is 4.62. The zero-order valence-corrected chi connectivity index (χ0v) is 11.0. The molecule has 2 aromatic rings. The number of nitrogens with zero attached hydrogens (tertiary/aromatic N) is 2. The molecule has 0 aliphatic carbocycles. The van der Waals surface area contributed by atoms with Gasteiger partial charge in [-0.25, -0.2) is 14.4 Å². The van der Waals surface area contributed by atoms with Gasteiger partial charge in [-0.1, -0.05) is 29.8 Å². The van der Waals surface area contributed by atoms with Gasteiger partial charge in [0.15, 0.2) is 0 Å². The first kappa shape index (κ1) is 13.2. The lowest BCUT2D eigenvalue weighted by atomic mass is 10.1. The Balaban J connectivity index is 1.96. The van der Waals surface area contributed by atoms with E-state index in [4.69, 9.17) is 23.2 Å². The molecule has 5 heteroatoms. The van der Waals surface area contributed by atoms with E-state index in [0.717, 1.165) is 6.42 Å². The van der Waals surface area contributed by atoms with Crippen LogP contribution in [0.2, 0.25) is 10.3 Å². The van der Waals surface area contributed by atoms with E-state index in [0.29, 0.717) is 29.1 Å². The maximum Gasteiger partial charge on any atom is 0.222 e. The molecule has 0 aliphatic heterocycles. The number of aryl methyl sites for hydroxylation is 2. The highest BCUT2D eigenvalue weighted by Gasteiger charge is 2.06. The fraction of sp³-hybridized carbons (Fsp3) is 0.231. The Morgan fingerprint density at radius 1 is 1.11 bits per heavy atom. The third-order valence-corrected chi connectivity index (χ3v) is 3.10. The minimum Gasteiger partial charge on any atom is -0.225 e. The van der Waals surface area contributed by atoms with E-state index in [1.54, 1.807) is 12.1 Å². The van der Waals surface area contributed by atoms with E-state index in [1.165, 1.54) is 12.3 Å². The largest absolute Gasteiger partial charge is 0.225 e. The first-order valence-corrected chi connectivity index (χ1v) is 6.33. The Kier molecular flexibility index (Phi) is 4.50. The summed E-state index contributed by atoms with van der Waals surface area (Å²) < 4.78 is 13.4. The lowest BCUT2D eigenvalue weighted by Gasteiger charge is -2.04. The van der Waals surface area contributed by atoms with Crippen molar-refractivity contribution in [1.29, 1.82) is 0 Å². The Bertz CT molecular complexity index is 546. The van der Waals surface area contributed by atoms with Gasteiger partial charge in [-0.3, -0.25) is 0 Å². The van der Waals surface area contributed by atoms with Crippen LogP contribution in [0.25, 0.3) is 0 Å². The number of rotatable bonds is 4. The van der Waals surface area contributed by atoms with E-state index in [2.05, 4.69) is 9.97 Å². The summed E-state index contributed by atoms with van der Waals surface area (Å²) in [6.45, 7) is 0. The third kappa shape index (κ3) is 3.40. The first-order chi connectivity index (χ1) is 8.66.